The minimum absolute atomic E-state index is 0.0995. The first-order chi connectivity index (χ1) is 12.0. The minimum atomic E-state index is -0.400. The van der Waals surface area contributed by atoms with Crippen LogP contribution < -0.4 is 9.47 Å². The van der Waals surface area contributed by atoms with Crippen LogP contribution in [-0.2, 0) is 4.79 Å². The van der Waals surface area contributed by atoms with Gasteiger partial charge < -0.3 is 14.4 Å². The van der Waals surface area contributed by atoms with E-state index in [9.17, 15) is 9.59 Å². The monoisotopic (exact) mass is 361 g/mol. The summed E-state index contributed by atoms with van der Waals surface area (Å²) >= 11 is 5.74. The van der Waals surface area contributed by atoms with Gasteiger partial charge in [-0.15, -0.1) is 0 Å². The van der Waals surface area contributed by atoms with Gasteiger partial charge in [-0.25, -0.2) is 9.97 Å². The average molecular weight is 362 g/mol. The Morgan fingerprint density at radius 1 is 1.20 bits per heavy atom. The van der Waals surface area contributed by atoms with Gasteiger partial charge in [-0.05, 0) is 24.3 Å². The van der Waals surface area contributed by atoms with Gasteiger partial charge in [0, 0.05) is 25.5 Å². The second kappa shape index (κ2) is 7.48. The summed E-state index contributed by atoms with van der Waals surface area (Å²) in [4.78, 5) is 33.1. The number of hydrogen-bond acceptors (Lipinski definition) is 6. The van der Waals surface area contributed by atoms with Crippen LogP contribution in [0, 0.1) is 0 Å². The van der Waals surface area contributed by atoms with E-state index >= 15 is 0 Å². The molecule has 130 valence electrons. The Morgan fingerprint density at radius 3 is 2.52 bits per heavy atom. The molecule has 0 spiro atoms. The molecule has 1 fully saturated rings. The molecule has 0 N–H and O–H groups in total. The van der Waals surface area contributed by atoms with Crippen molar-refractivity contribution in [2.45, 2.75) is 19.4 Å². The number of hydrogen-bond donors (Lipinski definition) is 0. The topological polar surface area (TPSA) is 81.6 Å². The van der Waals surface area contributed by atoms with E-state index in [2.05, 4.69) is 9.97 Å². The largest absolute Gasteiger partial charge is 0.458 e. The summed E-state index contributed by atoms with van der Waals surface area (Å²) < 4.78 is 10.6. The highest BCUT2D eigenvalue weighted by atomic mass is 35.5. The molecule has 1 atom stereocenters. The molecule has 1 aromatic heterocycles. The van der Waals surface area contributed by atoms with Gasteiger partial charge in [-0.2, -0.15) is 0 Å². The van der Waals surface area contributed by atoms with Crippen LogP contribution in [0.25, 0.3) is 0 Å². The number of halogens is 1. The molecule has 1 aromatic carbocycles. The SMILES string of the molecule is CC(=O)Oc1ccc(C(=O)N2CCC(Oc3ncc(Cl)cn3)C2)cc1. The van der Waals surface area contributed by atoms with Crippen molar-refractivity contribution in [3.05, 3.63) is 47.2 Å². The lowest BCUT2D eigenvalue weighted by Gasteiger charge is -2.17. The number of carbonyl (C=O) groups excluding carboxylic acids is 2. The molecular formula is C17H16ClN3O4. The number of rotatable bonds is 4. The van der Waals surface area contributed by atoms with E-state index in [0.717, 1.165) is 0 Å². The molecule has 8 heteroatoms. The number of likely N-dealkylation sites (tertiary alicyclic amines) is 1. The first kappa shape index (κ1) is 17.2. The zero-order valence-electron chi connectivity index (χ0n) is 13.5. The van der Waals surface area contributed by atoms with Crippen molar-refractivity contribution in [3.8, 4) is 11.8 Å². The molecule has 1 amide bonds. The number of ether oxygens (including phenoxy) is 2. The van der Waals surface area contributed by atoms with Crippen molar-refractivity contribution in [1.82, 2.24) is 14.9 Å². The number of aromatic nitrogens is 2. The van der Waals surface area contributed by atoms with Crippen LogP contribution >= 0.6 is 11.6 Å². The van der Waals surface area contributed by atoms with Gasteiger partial charge in [0.25, 0.3) is 5.91 Å². The Hall–Kier alpha value is -2.67. The maximum atomic E-state index is 12.5. The highest BCUT2D eigenvalue weighted by Gasteiger charge is 2.28. The Balaban J connectivity index is 1.58. The molecule has 0 bridgehead atoms. The standard InChI is InChI=1S/C17H16ClN3O4/c1-11(22)24-14-4-2-12(3-5-14)16(23)21-7-6-15(10-21)25-17-19-8-13(18)9-20-17/h2-5,8-9,15H,6-7,10H2,1H3. The molecule has 1 aliphatic rings. The van der Waals surface area contributed by atoms with Gasteiger partial charge >= 0.3 is 12.0 Å². The quantitative estimate of drug-likeness (QED) is 0.614. The van der Waals surface area contributed by atoms with Crippen LogP contribution in [0.1, 0.15) is 23.7 Å². The molecule has 1 saturated heterocycles. The number of benzene rings is 1. The van der Waals surface area contributed by atoms with Crippen molar-refractivity contribution in [3.63, 3.8) is 0 Å². The van der Waals surface area contributed by atoms with Crippen molar-refractivity contribution >= 4 is 23.5 Å². The molecule has 25 heavy (non-hydrogen) atoms. The number of esters is 1. The van der Waals surface area contributed by atoms with Crippen LogP contribution in [0.3, 0.4) is 0 Å². The van der Waals surface area contributed by atoms with Crippen molar-refractivity contribution in [1.29, 1.82) is 0 Å². The van der Waals surface area contributed by atoms with E-state index in [1.54, 1.807) is 29.2 Å². The van der Waals surface area contributed by atoms with Gasteiger partial charge in [0.15, 0.2) is 0 Å². The molecule has 0 saturated carbocycles. The van der Waals surface area contributed by atoms with E-state index in [-0.39, 0.29) is 18.0 Å². The van der Waals surface area contributed by atoms with Crippen molar-refractivity contribution < 1.29 is 19.1 Å². The van der Waals surface area contributed by atoms with E-state index < -0.39 is 5.97 Å². The summed E-state index contributed by atoms with van der Waals surface area (Å²) in [7, 11) is 0. The predicted octanol–water partition coefficient (Wildman–Crippen LogP) is 2.35. The van der Waals surface area contributed by atoms with Crippen LogP contribution in [-0.4, -0.2) is 45.9 Å². The molecule has 2 heterocycles. The smallest absolute Gasteiger partial charge is 0.316 e. The molecule has 1 unspecified atom stereocenters. The fraction of sp³-hybridized carbons (Fsp3) is 0.294. The van der Waals surface area contributed by atoms with Crippen molar-refractivity contribution in [2.24, 2.45) is 0 Å². The lowest BCUT2D eigenvalue weighted by Crippen LogP contribution is -2.31. The van der Waals surface area contributed by atoms with Crippen molar-refractivity contribution in [2.75, 3.05) is 13.1 Å². The Labute approximate surface area is 149 Å². The fourth-order valence-corrected chi connectivity index (χ4v) is 2.63. The van der Waals surface area contributed by atoms with Crippen LogP contribution in [0.2, 0.25) is 5.02 Å². The van der Waals surface area contributed by atoms with E-state index in [1.165, 1.54) is 19.3 Å². The van der Waals surface area contributed by atoms with Gasteiger partial charge in [0.05, 0.1) is 24.0 Å². The molecule has 2 aromatic rings. The third-order valence-electron chi connectivity index (χ3n) is 3.66. The van der Waals surface area contributed by atoms with E-state index in [4.69, 9.17) is 21.1 Å². The highest BCUT2D eigenvalue weighted by Crippen LogP contribution is 2.19. The maximum Gasteiger partial charge on any atom is 0.316 e. The fourth-order valence-electron chi connectivity index (χ4n) is 2.53. The van der Waals surface area contributed by atoms with Gasteiger partial charge in [0.1, 0.15) is 11.9 Å². The lowest BCUT2D eigenvalue weighted by molar-refractivity contribution is -0.131. The Bertz CT molecular complexity index is 764. The molecule has 7 nitrogen and oxygen atoms in total. The molecule has 3 rings (SSSR count). The number of carbonyl (C=O) groups is 2. The Morgan fingerprint density at radius 2 is 1.88 bits per heavy atom. The van der Waals surface area contributed by atoms with Crippen LogP contribution in [0.15, 0.2) is 36.7 Å². The molecular weight excluding hydrogens is 346 g/mol. The summed E-state index contributed by atoms with van der Waals surface area (Å²) in [5, 5.41) is 0.438. The molecule has 0 aliphatic carbocycles. The zero-order chi connectivity index (χ0) is 17.8. The lowest BCUT2D eigenvalue weighted by atomic mass is 10.2. The van der Waals surface area contributed by atoms with Gasteiger partial charge in [-0.1, -0.05) is 11.6 Å². The van der Waals surface area contributed by atoms with Gasteiger partial charge in [0.2, 0.25) is 0 Å². The Kier molecular flexibility index (Phi) is 5.14. The van der Waals surface area contributed by atoms with E-state index in [1.807, 2.05) is 0 Å². The second-order valence-electron chi connectivity index (χ2n) is 5.58. The summed E-state index contributed by atoms with van der Waals surface area (Å²) in [6, 6.07) is 6.71. The highest BCUT2D eigenvalue weighted by molar-refractivity contribution is 6.30. The summed E-state index contributed by atoms with van der Waals surface area (Å²) in [6.07, 6.45) is 3.47. The predicted molar refractivity (Wildman–Crippen MR) is 89.7 cm³/mol. The minimum Gasteiger partial charge on any atom is -0.458 e. The zero-order valence-corrected chi connectivity index (χ0v) is 14.3. The molecule has 0 radical (unpaired) electrons. The third kappa shape index (κ3) is 4.45. The summed E-state index contributed by atoms with van der Waals surface area (Å²) in [5.74, 6) is -0.0907. The van der Waals surface area contributed by atoms with Crippen LogP contribution in [0.4, 0.5) is 0 Å². The summed E-state index contributed by atoms with van der Waals surface area (Å²) in [6.45, 7) is 2.37. The number of amides is 1. The summed E-state index contributed by atoms with van der Waals surface area (Å²) in [5.41, 5.74) is 0.527. The normalized spacial score (nSPS) is 16.6. The van der Waals surface area contributed by atoms with Crippen LogP contribution in [0.5, 0.6) is 11.8 Å². The number of nitrogens with zero attached hydrogens (tertiary/aromatic N) is 3. The molecule has 1 aliphatic heterocycles. The second-order valence-corrected chi connectivity index (χ2v) is 6.02. The maximum absolute atomic E-state index is 12.5. The van der Waals surface area contributed by atoms with E-state index in [0.29, 0.717) is 35.8 Å². The third-order valence-corrected chi connectivity index (χ3v) is 3.86. The first-order valence-electron chi connectivity index (χ1n) is 7.73. The first-order valence-corrected chi connectivity index (χ1v) is 8.11. The van der Waals surface area contributed by atoms with Gasteiger partial charge in [-0.3, -0.25) is 9.59 Å². The average Bonchev–Trinajstić information content (AvgIpc) is 3.05.